The van der Waals surface area contributed by atoms with Crippen LogP contribution in [0.1, 0.15) is 31.4 Å². The van der Waals surface area contributed by atoms with E-state index >= 15 is 0 Å². The van der Waals surface area contributed by atoms with Gasteiger partial charge in [0.2, 0.25) is 10.0 Å². The molecular formula is C9H15N3O2S. The third-order valence-electron chi connectivity index (χ3n) is 2.76. The van der Waals surface area contributed by atoms with Gasteiger partial charge in [0.05, 0.1) is 17.5 Å². The van der Waals surface area contributed by atoms with Crippen LogP contribution < -0.4 is 4.72 Å². The Morgan fingerprint density at radius 1 is 1.47 bits per heavy atom. The number of hydrogen-bond acceptors (Lipinski definition) is 3. The lowest BCUT2D eigenvalue weighted by Gasteiger charge is -2.11. The second-order valence-electron chi connectivity index (χ2n) is 3.85. The zero-order valence-corrected chi connectivity index (χ0v) is 9.26. The molecule has 0 radical (unpaired) electrons. The molecule has 15 heavy (non-hydrogen) atoms. The van der Waals surface area contributed by atoms with E-state index in [1.165, 1.54) is 0 Å². The highest BCUT2D eigenvalue weighted by molar-refractivity contribution is 7.90. The van der Waals surface area contributed by atoms with Crippen LogP contribution in [0.2, 0.25) is 0 Å². The third-order valence-corrected chi connectivity index (χ3v) is 4.66. The first kappa shape index (κ1) is 10.6. The first-order valence-electron chi connectivity index (χ1n) is 5.15. The lowest BCUT2D eigenvalue weighted by Crippen LogP contribution is -2.32. The zero-order valence-electron chi connectivity index (χ0n) is 8.44. The van der Waals surface area contributed by atoms with E-state index in [0.717, 1.165) is 31.4 Å². The SMILES string of the molecule is O=S(=O)(NCc1ccn[nH]1)C1CCCC1. The van der Waals surface area contributed by atoms with E-state index in [1.807, 2.05) is 0 Å². The van der Waals surface area contributed by atoms with Crippen molar-refractivity contribution in [2.45, 2.75) is 37.5 Å². The molecule has 0 unspecified atom stereocenters. The molecule has 0 aliphatic heterocycles. The van der Waals surface area contributed by atoms with E-state index in [-0.39, 0.29) is 5.25 Å². The zero-order chi connectivity index (χ0) is 10.7. The van der Waals surface area contributed by atoms with Gasteiger partial charge in [0.25, 0.3) is 0 Å². The van der Waals surface area contributed by atoms with Crippen molar-refractivity contribution >= 4 is 10.0 Å². The van der Waals surface area contributed by atoms with Gasteiger partial charge in [-0.25, -0.2) is 13.1 Å². The molecule has 0 aromatic carbocycles. The van der Waals surface area contributed by atoms with E-state index in [0.29, 0.717) is 6.54 Å². The Morgan fingerprint density at radius 2 is 2.20 bits per heavy atom. The van der Waals surface area contributed by atoms with E-state index in [2.05, 4.69) is 14.9 Å². The summed E-state index contributed by atoms with van der Waals surface area (Å²) in [6.45, 7) is 0.304. The van der Waals surface area contributed by atoms with Gasteiger partial charge < -0.3 is 0 Å². The molecule has 0 atom stereocenters. The smallest absolute Gasteiger partial charge is 0.214 e. The summed E-state index contributed by atoms with van der Waals surface area (Å²) in [6.07, 6.45) is 5.24. The van der Waals surface area contributed by atoms with Gasteiger partial charge in [-0.15, -0.1) is 0 Å². The molecule has 6 heteroatoms. The fourth-order valence-electron chi connectivity index (χ4n) is 1.88. The molecule has 1 aliphatic carbocycles. The van der Waals surface area contributed by atoms with Crippen LogP contribution >= 0.6 is 0 Å². The van der Waals surface area contributed by atoms with Gasteiger partial charge in [0.1, 0.15) is 0 Å². The number of aromatic nitrogens is 2. The number of rotatable bonds is 4. The number of aromatic amines is 1. The number of hydrogen-bond donors (Lipinski definition) is 2. The van der Waals surface area contributed by atoms with Crippen LogP contribution in [0.5, 0.6) is 0 Å². The second kappa shape index (κ2) is 4.32. The molecule has 2 rings (SSSR count). The van der Waals surface area contributed by atoms with Gasteiger partial charge >= 0.3 is 0 Å². The molecule has 0 spiro atoms. The molecular weight excluding hydrogens is 214 g/mol. The van der Waals surface area contributed by atoms with Crippen molar-refractivity contribution < 1.29 is 8.42 Å². The van der Waals surface area contributed by atoms with Crippen molar-refractivity contribution in [3.8, 4) is 0 Å². The predicted molar refractivity (Wildman–Crippen MR) is 56.6 cm³/mol. The third kappa shape index (κ3) is 2.57. The molecule has 84 valence electrons. The van der Waals surface area contributed by atoms with Gasteiger partial charge in [0.15, 0.2) is 0 Å². The Hall–Kier alpha value is -0.880. The summed E-state index contributed by atoms with van der Waals surface area (Å²) in [5.41, 5.74) is 0.788. The first-order chi connectivity index (χ1) is 7.18. The quantitative estimate of drug-likeness (QED) is 0.801. The highest BCUT2D eigenvalue weighted by Gasteiger charge is 2.28. The van der Waals surface area contributed by atoms with E-state index in [4.69, 9.17) is 0 Å². The van der Waals surface area contributed by atoms with Gasteiger partial charge in [-0.1, -0.05) is 12.8 Å². The Morgan fingerprint density at radius 3 is 2.80 bits per heavy atom. The largest absolute Gasteiger partial charge is 0.281 e. The maximum Gasteiger partial charge on any atom is 0.214 e. The average Bonchev–Trinajstić information content (AvgIpc) is 2.88. The van der Waals surface area contributed by atoms with Crippen molar-refractivity contribution in [1.29, 1.82) is 0 Å². The van der Waals surface area contributed by atoms with E-state index < -0.39 is 10.0 Å². The molecule has 1 saturated carbocycles. The monoisotopic (exact) mass is 229 g/mol. The van der Waals surface area contributed by atoms with Crippen molar-refractivity contribution in [3.63, 3.8) is 0 Å². The Kier molecular flexibility index (Phi) is 3.06. The summed E-state index contributed by atoms with van der Waals surface area (Å²) in [5.74, 6) is 0. The minimum Gasteiger partial charge on any atom is -0.281 e. The lowest BCUT2D eigenvalue weighted by atomic mass is 10.4. The molecule has 1 aromatic rings. The van der Waals surface area contributed by atoms with Gasteiger partial charge in [-0.05, 0) is 18.9 Å². The van der Waals surface area contributed by atoms with E-state index in [9.17, 15) is 8.42 Å². The normalized spacial score (nSPS) is 18.4. The highest BCUT2D eigenvalue weighted by atomic mass is 32.2. The first-order valence-corrected chi connectivity index (χ1v) is 6.70. The molecule has 1 aliphatic rings. The molecule has 1 heterocycles. The van der Waals surface area contributed by atoms with Crippen LogP contribution in [0.15, 0.2) is 12.3 Å². The Balaban J connectivity index is 1.93. The van der Waals surface area contributed by atoms with Crippen molar-refractivity contribution in [1.82, 2.24) is 14.9 Å². The summed E-state index contributed by atoms with van der Waals surface area (Å²) in [5, 5.41) is 6.29. The molecule has 1 fully saturated rings. The van der Waals surface area contributed by atoms with Crippen LogP contribution in [0.4, 0.5) is 0 Å². The van der Waals surface area contributed by atoms with Gasteiger partial charge in [-0.2, -0.15) is 5.10 Å². The minimum absolute atomic E-state index is 0.194. The molecule has 0 saturated heterocycles. The van der Waals surface area contributed by atoms with Crippen molar-refractivity contribution in [2.75, 3.05) is 0 Å². The molecule has 0 amide bonds. The lowest BCUT2D eigenvalue weighted by molar-refractivity contribution is 0.563. The maximum atomic E-state index is 11.8. The van der Waals surface area contributed by atoms with Crippen LogP contribution in [-0.2, 0) is 16.6 Å². The predicted octanol–water partition coefficient (Wildman–Crippen LogP) is 0.772. The summed E-state index contributed by atoms with van der Waals surface area (Å²) in [7, 11) is -3.13. The second-order valence-corrected chi connectivity index (χ2v) is 5.90. The summed E-state index contributed by atoms with van der Waals surface area (Å²) < 4.78 is 26.2. The number of nitrogens with zero attached hydrogens (tertiary/aromatic N) is 1. The van der Waals surface area contributed by atoms with Crippen molar-refractivity contribution in [3.05, 3.63) is 18.0 Å². The van der Waals surface area contributed by atoms with Crippen LogP contribution in [0.25, 0.3) is 0 Å². The van der Waals surface area contributed by atoms with Crippen LogP contribution in [-0.4, -0.2) is 23.9 Å². The van der Waals surface area contributed by atoms with Crippen LogP contribution in [0, 0.1) is 0 Å². The minimum atomic E-state index is -3.13. The molecule has 1 aromatic heterocycles. The Labute approximate surface area is 89.3 Å². The fourth-order valence-corrected chi connectivity index (χ4v) is 3.42. The summed E-state index contributed by atoms with van der Waals surface area (Å²) in [6, 6.07) is 1.76. The standard InChI is InChI=1S/C9H15N3O2S/c13-15(14,9-3-1-2-4-9)11-7-8-5-6-10-12-8/h5-6,9,11H,1-4,7H2,(H,10,12). The fraction of sp³-hybridized carbons (Fsp3) is 0.667. The maximum absolute atomic E-state index is 11.8. The highest BCUT2D eigenvalue weighted by Crippen LogP contribution is 2.23. The Bertz CT molecular complexity index is 393. The van der Waals surface area contributed by atoms with Gasteiger partial charge in [0, 0.05) is 6.20 Å². The molecule has 2 N–H and O–H groups in total. The topological polar surface area (TPSA) is 74.8 Å². The number of sulfonamides is 1. The summed E-state index contributed by atoms with van der Waals surface area (Å²) in [4.78, 5) is 0. The number of nitrogens with one attached hydrogen (secondary N) is 2. The van der Waals surface area contributed by atoms with E-state index in [1.54, 1.807) is 12.3 Å². The average molecular weight is 229 g/mol. The van der Waals surface area contributed by atoms with Crippen LogP contribution in [0.3, 0.4) is 0 Å². The molecule has 0 bridgehead atoms. The molecule has 5 nitrogen and oxygen atoms in total. The van der Waals surface area contributed by atoms with Gasteiger partial charge in [-0.3, -0.25) is 5.10 Å². The summed E-state index contributed by atoms with van der Waals surface area (Å²) >= 11 is 0. The van der Waals surface area contributed by atoms with Crippen molar-refractivity contribution in [2.24, 2.45) is 0 Å². The number of H-pyrrole nitrogens is 1.